The Labute approximate surface area is 263 Å². The number of methoxy groups -OCH3 is 3. The van der Waals surface area contributed by atoms with Gasteiger partial charge >= 0.3 is 5.97 Å². The monoisotopic (exact) mass is 627 g/mol. The number of fused-ring (bicyclic) bond motifs is 1. The first-order valence-corrected chi connectivity index (χ1v) is 14.9. The van der Waals surface area contributed by atoms with Crippen molar-refractivity contribution in [2.75, 3.05) is 26.6 Å². The summed E-state index contributed by atoms with van der Waals surface area (Å²) in [6, 6.07) is 15.6. The molecule has 0 unspecified atom stereocenters. The van der Waals surface area contributed by atoms with E-state index in [1.165, 1.54) is 32.5 Å². The number of anilines is 1. The van der Waals surface area contributed by atoms with Gasteiger partial charge in [-0.1, -0.05) is 41.2 Å². The summed E-state index contributed by atoms with van der Waals surface area (Å²) in [6.45, 7) is 6.98. The van der Waals surface area contributed by atoms with Crippen LogP contribution in [0.3, 0.4) is 0 Å². The summed E-state index contributed by atoms with van der Waals surface area (Å²) < 4.78 is 23.5. The minimum Gasteiger partial charge on any atom is -0.497 e. The Morgan fingerprint density at radius 1 is 0.933 bits per heavy atom. The van der Waals surface area contributed by atoms with E-state index in [2.05, 4.69) is 5.32 Å². The summed E-state index contributed by atoms with van der Waals surface area (Å²) in [7, 11) is 4.47. The molecule has 45 heavy (non-hydrogen) atoms. The third-order valence-corrected chi connectivity index (χ3v) is 8.34. The van der Waals surface area contributed by atoms with Crippen molar-refractivity contribution in [1.29, 1.82) is 0 Å². The summed E-state index contributed by atoms with van der Waals surface area (Å²) in [6.07, 6.45) is 1.69. The number of hydrogen-bond donors (Lipinski definition) is 1. The molecule has 0 saturated carbocycles. The molecule has 1 aliphatic heterocycles. The van der Waals surface area contributed by atoms with Gasteiger partial charge in [-0.25, -0.2) is 4.99 Å². The van der Waals surface area contributed by atoms with Crippen molar-refractivity contribution in [3.8, 4) is 23.0 Å². The number of carbonyl (C=O) groups excluding carboxylic acids is 2. The largest absolute Gasteiger partial charge is 0.497 e. The fourth-order valence-electron chi connectivity index (χ4n) is 5.24. The molecule has 0 saturated heterocycles. The molecular formula is C34H33N3O7S. The summed E-state index contributed by atoms with van der Waals surface area (Å²) in [5, 5.41) is 3.04. The summed E-state index contributed by atoms with van der Waals surface area (Å²) in [5.41, 5.74) is 4.51. The number of ether oxygens (including phenoxy) is 4. The minimum atomic E-state index is -0.754. The van der Waals surface area contributed by atoms with Crippen molar-refractivity contribution in [2.45, 2.75) is 33.7 Å². The van der Waals surface area contributed by atoms with Gasteiger partial charge in [0.1, 0.15) is 5.75 Å². The molecule has 10 nitrogen and oxygen atoms in total. The van der Waals surface area contributed by atoms with Crippen molar-refractivity contribution in [1.82, 2.24) is 4.57 Å². The molecule has 11 heteroatoms. The molecule has 0 bridgehead atoms. The Balaban J connectivity index is 1.66. The molecule has 0 fully saturated rings. The minimum absolute atomic E-state index is 0.140. The van der Waals surface area contributed by atoms with Gasteiger partial charge in [0.15, 0.2) is 16.3 Å². The smallest absolute Gasteiger partial charge is 0.308 e. The van der Waals surface area contributed by atoms with Crippen molar-refractivity contribution >= 4 is 35.0 Å². The average Bonchev–Trinajstić information content (AvgIpc) is 3.31. The number of benzene rings is 3. The molecule has 0 spiro atoms. The number of allylic oxidation sites excluding steroid dienone is 1. The number of hydrogen-bond acceptors (Lipinski definition) is 9. The maximum absolute atomic E-state index is 14.1. The van der Waals surface area contributed by atoms with E-state index in [0.29, 0.717) is 37.6 Å². The fourth-order valence-corrected chi connectivity index (χ4v) is 6.28. The fraction of sp³-hybridized carbons (Fsp3) is 0.235. The zero-order valence-electron chi connectivity index (χ0n) is 26.0. The highest BCUT2D eigenvalue weighted by atomic mass is 32.1. The highest BCUT2D eigenvalue weighted by Gasteiger charge is 2.33. The molecule has 1 aromatic heterocycles. The van der Waals surface area contributed by atoms with Crippen LogP contribution in [-0.4, -0.2) is 37.8 Å². The summed E-state index contributed by atoms with van der Waals surface area (Å²) in [4.78, 5) is 44.9. The molecule has 3 aromatic carbocycles. The van der Waals surface area contributed by atoms with E-state index in [1.54, 1.807) is 48.9 Å². The van der Waals surface area contributed by atoms with Crippen LogP contribution >= 0.6 is 11.3 Å². The number of amides is 1. The first-order valence-electron chi connectivity index (χ1n) is 14.0. The van der Waals surface area contributed by atoms with Crippen LogP contribution in [-0.2, 0) is 9.59 Å². The van der Waals surface area contributed by atoms with E-state index in [0.717, 1.165) is 16.7 Å². The first-order chi connectivity index (χ1) is 21.5. The van der Waals surface area contributed by atoms with E-state index in [4.69, 9.17) is 23.9 Å². The topological polar surface area (TPSA) is 117 Å². The van der Waals surface area contributed by atoms with Gasteiger partial charge in [0.25, 0.3) is 11.5 Å². The zero-order chi connectivity index (χ0) is 32.4. The number of thiazole rings is 1. The van der Waals surface area contributed by atoms with Crippen LogP contribution in [0, 0.1) is 13.8 Å². The second kappa shape index (κ2) is 12.8. The van der Waals surface area contributed by atoms with Gasteiger partial charge in [0.05, 0.1) is 43.2 Å². The predicted octanol–water partition coefficient (Wildman–Crippen LogP) is 4.44. The standard InChI is InChI=1S/C34H33N3O7S/c1-18-8-13-25(19(2)14-18)36-32(39)29-20(3)35-34-37(30(29)23-9-11-24(41-5)12-10-23)33(40)28(45-34)17-22-15-26(42-6)31(44-21(4)38)27(16-22)43-7/h8-17,30H,1-7H3,(H,36,39)/b28-17-/t30-/m0/s1. The SMILES string of the molecule is COc1ccc([C@H]2C(C(=O)Nc3ccc(C)cc3C)=C(C)N=c3s/c(=C\c4cc(OC)c(OC(C)=O)c(OC)c4)c(=O)n32)cc1. The van der Waals surface area contributed by atoms with E-state index in [-0.39, 0.29) is 28.7 Å². The lowest BCUT2D eigenvalue weighted by molar-refractivity contribution is -0.132. The Morgan fingerprint density at radius 2 is 1.60 bits per heavy atom. The van der Waals surface area contributed by atoms with E-state index in [9.17, 15) is 14.4 Å². The summed E-state index contributed by atoms with van der Waals surface area (Å²) >= 11 is 1.20. The van der Waals surface area contributed by atoms with Crippen molar-refractivity contribution in [2.24, 2.45) is 4.99 Å². The van der Waals surface area contributed by atoms with Crippen LogP contribution in [0.4, 0.5) is 5.69 Å². The molecule has 1 aliphatic rings. The van der Waals surface area contributed by atoms with E-state index in [1.807, 2.05) is 44.2 Å². The molecule has 1 N–H and O–H groups in total. The number of nitrogens with one attached hydrogen (secondary N) is 1. The highest BCUT2D eigenvalue weighted by molar-refractivity contribution is 7.07. The van der Waals surface area contributed by atoms with Crippen LogP contribution in [0.25, 0.3) is 6.08 Å². The number of esters is 1. The lowest BCUT2D eigenvalue weighted by Gasteiger charge is -2.25. The van der Waals surface area contributed by atoms with Gasteiger partial charge in [0, 0.05) is 12.6 Å². The molecule has 4 aromatic rings. The van der Waals surface area contributed by atoms with Crippen molar-refractivity contribution in [3.63, 3.8) is 0 Å². The maximum Gasteiger partial charge on any atom is 0.308 e. The van der Waals surface area contributed by atoms with Crippen LogP contribution in [0.5, 0.6) is 23.0 Å². The van der Waals surface area contributed by atoms with E-state index >= 15 is 0 Å². The van der Waals surface area contributed by atoms with Crippen LogP contribution in [0.2, 0.25) is 0 Å². The number of aromatic nitrogens is 1. The first kappa shape index (κ1) is 31.3. The lowest BCUT2D eigenvalue weighted by atomic mass is 9.95. The molecule has 1 atom stereocenters. The average molecular weight is 628 g/mol. The summed E-state index contributed by atoms with van der Waals surface area (Å²) in [5.74, 6) is 0.434. The van der Waals surface area contributed by atoms with Gasteiger partial charge in [-0.3, -0.25) is 19.0 Å². The van der Waals surface area contributed by atoms with Crippen LogP contribution in [0.15, 0.2) is 75.7 Å². The van der Waals surface area contributed by atoms with Crippen molar-refractivity contribution in [3.05, 3.63) is 108 Å². The zero-order valence-corrected chi connectivity index (χ0v) is 26.8. The molecule has 1 amide bonds. The molecule has 232 valence electrons. The lowest BCUT2D eigenvalue weighted by Crippen LogP contribution is -2.40. The predicted molar refractivity (Wildman–Crippen MR) is 172 cm³/mol. The maximum atomic E-state index is 14.1. The number of rotatable bonds is 8. The Morgan fingerprint density at radius 3 is 2.18 bits per heavy atom. The van der Waals surface area contributed by atoms with Gasteiger partial charge in [-0.05, 0) is 73.9 Å². The number of nitrogens with zero attached hydrogens (tertiary/aromatic N) is 2. The quantitative estimate of drug-likeness (QED) is 0.227. The molecule has 5 rings (SSSR count). The third-order valence-electron chi connectivity index (χ3n) is 7.35. The molecule has 2 heterocycles. The normalized spacial score (nSPS) is 14.4. The Bertz CT molecular complexity index is 2000. The van der Waals surface area contributed by atoms with Gasteiger partial charge in [-0.15, -0.1) is 0 Å². The highest BCUT2D eigenvalue weighted by Crippen LogP contribution is 2.39. The number of aryl methyl sites for hydroxylation is 2. The van der Waals surface area contributed by atoms with Gasteiger partial charge < -0.3 is 24.3 Å². The van der Waals surface area contributed by atoms with Crippen LogP contribution < -0.4 is 39.2 Å². The number of carbonyl (C=O) groups is 2. The second-order valence-electron chi connectivity index (χ2n) is 10.5. The van der Waals surface area contributed by atoms with Crippen molar-refractivity contribution < 1.29 is 28.5 Å². The van der Waals surface area contributed by atoms with Gasteiger partial charge in [-0.2, -0.15) is 0 Å². The molecule has 0 radical (unpaired) electrons. The van der Waals surface area contributed by atoms with Crippen LogP contribution in [0.1, 0.15) is 42.1 Å². The van der Waals surface area contributed by atoms with E-state index < -0.39 is 12.0 Å². The Hall–Kier alpha value is -5.16. The molecular weight excluding hydrogens is 594 g/mol. The Kier molecular flexibility index (Phi) is 8.92. The second-order valence-corrected chi connectivity index (χ2v) is 11.5. The molecule has 0 aliphatic carbocycles. The third kappa shape index (κ3) is 6.25. The van der Waals surface area contributed by atoms with Gasteiger partial charge in [0.2, 0.25) is 5.75 Å².